The number of hydrogen-bond acceptors (Lipinski definition) is 3. The van der Waals surface area contributed by atoms with E-state index >= 15 is 0 Å². The van der Waals surface area contributed by atoms with Gasteiger partial charge in [0.2, 0.25) is 0 Å². The fraction of sp³-hybridized carbons (Fsp3) is 0.222. The lowest BCUT2D eigenvalue weighted by molar-refractivity contribution is 0.125. The molecule has 0 aliphatic heterocycles. The summed E-state index contributed by atoms with van der Waals surface area (Å²) in [6.07, 6.45) is 6.20. The SMILES string of the molecule is CC1(C)c2ccc(-c3ccc(-c4ccccc4-c4cc(-c5ccccc5-c5ccc(-c6ccc7c(c6)C(C)(C)C(C)(C)C7(C)C)nc5)cc(-c5ccccc5-c5cnc(-c6ccccc6)cc5-c5ccccc5)c4)cn3)cc2C(C)(C)C1(C)C. The Labute approximate surface area is 498 Å². The first-order valence-corrected chi connectivity index (χ1v) is 30.0. The number of rotatable bonds is 10. The van der Waals surface area contributed by atoms with Crippen LogP contribution in [-0.2, 0) is 21.7 Å². The summed E-state index contributed by atoms with van der Waals surface area (Å²) in [6, 6.07) is 80.0. The van der Waals surface area contributed by atoms with Crippen molar-refractivity contribution in [3.05, 3.63) is 259 Å². The van der Waals surface area contributed by atoms with Crippen LogP contribution in [0.5, 0.6) is 0 Å². The summed E-state index contributed by atoms with van der Waals surface area (Å²) in [5.74, 6) is 0. The van der Waals surface area contributed by atoms with Crippen LogP contribution in [0, 0.1) is 10.8 Å². The second kappa shape index (κ2) is 19.9. The standard InChI is InChI=1S/C81H75N3/c1-76(2)69-39-35-54(46-71(69)78(5,6)80(76,9)10)73-41-37-56(49-82-73)61-29-19-21-31-63(61)58-43-59(64-32-22-20-30-62(64)57-38-42-74(83-50-57)55-36-40-70-72(47-55)79(7,8)81(11,12)77(70,3)4)45-60(44-58)65-33-23-24-34-66(65)68-51-84-75(53-27-17-14-18-28-53)48-67(68)52-25-15-13-16-26-52/h13-51H,1-12H3. The molecule has 3 aromatic heterocycles. The van der Waals surface area contributed by atoms with Crippen LogP contribution in [0.4, 0.5) is 0 Å². The van der Waals surface area contributed by atoms with Gasteiger partial charge < -0.3 is 0 Å². The Morgan fingerprint density at radius 1 is 0.202 bits per heavy atom. The van der Waals surface area contributed by atoms with Crippen molar-refractivity contribution in [3.8, 4) is 112 Å². The molecule has 0 unspecified atom stereocenters. The molecule has 414 valence electrons. The van der Waals surface area contributed by atoms with Crippen LogP contribution in [0.2, 0.25) is 0 Å². The van der Waals surface area contributed by atoms with Gasteiger partial charge in [-0.2, -0.15) is 0 Å². The summed E-state index contributed by atoms with van der Waals surface area (Å²) in [5.41, 5.74) is 27.7. The molecule has 0 bridgehead atoms. The molecular weight excluding hydrogens is 1010 g/mol. The molecule has 0 saturated heterocycles. The highest BCUT2D eigenvalue weighted by Gasteiger charge is 2.58. The fourth-order valence-corrected chi connectivity index (χ4v) is 14.2. The highest BCUT2D eigenvalue weighted by Crippen LogP contribution is 2.63. The summed E-state index contributed by atoms with van der Waals surface area (Å²) in [4.78, 5) is 15.6. The Morgan fingerprint density at radius 2 is 0.536 bits per heavy atom. The lowest BCUT2D eigenvalue weighted by Gasteiger charge is -2.44. The maximum atomic E-state index is 5.23. The predicted molar refractivity (Wildman–Crippen MR) is 354 cm³/mol. The minimum atomic E-state index is 0.000952. The molecule has 2 aliphatic carbocycles. The van der Waals surface area contributed by atoms with E-state index in [-0.39, 0.29) is 32.5 Å². The van der Waals surface area contributed by atoms with Crippen molar-refractivity contribution in [1.82, 2.24) is 15.0 Å². The van der Waals surface area contributed by atoms with Crippen LogP contribution in [0.3, 0.4) is 0 Å². The zero-order valence-corrected chi connectivity index (χ0v) is 50.9. The third-order valence-electron chi connectivity index (χ3n) is 21.7. The number of nitrogens with zero attached hydrogens (tertiary/aromatic N) is 3. The topological polar surface area (TPSA) is 38.7 Å². The summed E-state index contributed by atoms with van der Waals surface area (Å²) in [6.45, 7) is 28.9. The minimum Gasteiger partial charge on any atom is -0.256 e. The third kappa shape index (κ3) is 8.56. The van der Waals surface area contributed by atoms with Crippen molar-refractivity contribution < 1.29 is 0 Å². The molecule has 0 spiro atoms. The molecule has 11 aromatic rings. The van der Waals surface area contributed by atoms with Gasteiger partial charge in [-0.25, -0.2) is 0 Å². The lowest BCUT2D eigenvalue weighted by Crippen LogP contribution is -2.42. The second-order valence-electron chi connectivity index (χ2n) is 26.9. The molecule has 0 radical (unpaired) electrons. The van der Waals surface area contributed by atoms with Crippen molar-refractivity contribution >= 4 is 0 Å². The van der Waals surface area contributed by atoms with Gasteiger partial charge in [-0.3, -0.25) is 15.0 Å². The fourth-order valence-electron chi connectivity index (χ4n) is 14.2. The van der Waals surface area contributed by atoms with Crippen molar-refractivity contribution in [1.29, 1.82) is 0 Å². The van der Waals surface area contributed by atoms with Gasteiger partial charge in [-0.1, -0.05) is 253 Å². The average molecular weight is 1090 g/mol. The van der Waals surface area contributed by atoms with Gasteiger partial charge in [0, 0.05) is 52.0 Å². The van der Waals surface area contributed by atoms with Crippen molar-refractivity contribution in [2.24, 2.45) is 10.8 Å². The van der Waals surface area contributed by atoms with E-state index in [4.69, 9.17) is 15.0 Å². The molecule has 3 heteroatoms. The molecule has 0 N–H and O–H groups in total. The van der Waals surface area contributed by atoms with Crippen LogP contribution in [0.15, 0.2) is 237 Å². The van der Waals surface area contributed by atoms with Gasteiger partial charge in [-0.15, -0.1) is 0 Å². The second-order valence-corrected chi connectivity index (χ2v) is 26.9. The summed E-state index contributed by atoms with van der Waals surface area (Å²) < 4.78 is 0. The molecule has 84 heavy (non-hydrogen) atoms. The smallest absolute Gasteiger partial charge is 0.0708 e. The van der Waals surface area contributed by atoms with Gasteiger partial charge >= 0.3 is 0 Å². The Hall–Kier alpha value is -8.79. The highest BCUT2D eigenvalue weighted by molar-refractivity contribution is 5.97. The first kappa shape index (κ1) is 54.5. The van der Waals surface area contributed by atoms with E-state index in [0.29, 0.717) is 0 Å². The molecule has 8 aromatic carbocycles. The van der Waals surface area contributed by atoms with E-state index in [1.807, 2.05) is 0 Å². The average Bonchev–Trinajstić information content (AvgIpc) is 1.64. The Kier molecular flexibility index (Phi) is 12.9. The number of fused-ring (bicyclic) bond motifs is 2. The maximum Gasteiger partial charge on any atom is 0.0708 e. The van der Waals surface area contributed by atoms with E-state index in [9.17, 15) is 0 Å². The zero-order valence-electron chi connectivity index (χ0n) is 50.9. The van der Waals surface area contributed by atoms with Crippen LogP contribution < -0.4 is 0 Å². The van der Waals surface area contributed by atoms with Crippen LogP contribution in [-0.4, -0.2) is 15.0 Å². The van der Waals surface area contributed by atoms with E-state index in [0.717, 1.165) is 112 Å². The monoisotopic (exact) mass is 1090 g/mol. The highest BCUT2D eigenvalue weighted by atomic mass is 14.7. The molecular formula is C81H75N3. The van der Waals surface area contributed by atoms with E-state index in [2.05, 4.69) is 320 Å². The lowest BCUT2D eigenvalue weighted by atomic mass is 9.59. The van der Waals surface area contributed by atoms with Gasteiger partial charge in [-0.05, 0) is 164 Å². The van der Waals surface area contributed by atoms with Gasteiger partial charge in [0.25, 0.3) is 0 Å². The first-order valence-electron chi connectivity index (χ1n) is 30.0. The largest absolute Gasteiger partial charge is 0.256 e. The van der Waals surface area contributed by atoms with E-state index in [1.54, 1.807) is 0 Å². The van der Waals surface area contributed by atoms with E-state index in [1.165, 1.54) is 22.3 Å². The van der Waals surface area contributed by atoms with Gasteiger partial charge in [0.1, 0.15) is 0 Å². The number of benzene rings is 8. The van der Waals surface area contributed by atoms with Crippen LogP contribution >= 0.6 is 0 Å². The van der Waals surface area contributed by atoms with E-state index < -0.39 is 0 Å². The Bertz CT molecular complexity index is 4130. The van der Waals surface area contributed by atoms with Gasteiger partial charge in [0.05, 0.1) is 17.1 Å². The maximum absolute atomic E-state index is 5.23. The summed E-state index contributed by atoms with van der Waals surface area (Å²) in [7, 11) is 0. The first-order chi connectivity index (χ1) is 40.2. The summed E-state index contributed by atoms with van der Waals surface area (Å²) >= 11 is 0. The zero-order chi connectivity index (χ0) is 58.6. The third-order valence-corrected chi connectivity index (χ3v) is 21.7. The molecule has 13 rings (SSSR count). The van der Waals surface area contributed by atoms with Crippen LogP contribution in [0.1, 0.15) is 105 Å². The molecule has 2 aliphatic rings. The number of pyridine rings is 3. The normalized spacial score (nSPS) is 16.4. The molecule has 0 fully saturated rings. The van der Waals surface area contributed by atoms with Gasteiger partial charge in [0.15, 0.2) is 0 Å². The Morgan fingerprint density at radius 3 is 0.940 bits per heavy atom. The number of hydrogen-bond donors (Lipinski definition) is 0. The predicted octanol–water partition coefficient (Wildman–Crippen LogP) is 21.7. The molecule has 3 heterocycles. The molecule has 0 saturated carbocycles. The number of aromatic nitrogens is 3. The molecule has 0 atom stereocenters. The Balaban J connectivity index is 0.943. The molecule has 0 amide bonds. The summed E-state index contributed by atoms with van der Waals surface area (Å²) in [5, 5.41) is 0. The quantitative estimate of drug-likeness (QED) is 0.137. The van der Waals surface area contributed by atoms with Crippen molar-refractivity contribution in [2.75, 3.05) is 0 Å². The molecule has 3 nitrogen and oxygen atoms in total. The van der Waals surface area contributed by atoms with Crippen molar-refractivity contribution in [3.63, 3.8) is 0 Å². The van der Waals surface area contributed by atoms with Crippen LogP contribution in [0.25, 0.3) is 112 Å². The van der Waals surface area contributed by atoms with Crippen molar-refractivity contribution in [2.45, 2.75) is 105 Å². The minimum absolute atomic E-state index is 0.000952.